The SMILES string of the molecule is Cc1cc(C)c(Oc2nc(N3CCN(C(=O)C4(C)CC4)CC3)ccc2NS(C)(=O)=O)c(C)c1. The maximum Gasteiger partial charge on any atom is 0.245 e. The molecule has 0 radical (unpaired) electrons. The zero-order valence-electron chi connectivity index (χ0n) is 19.9. The summed E-state index contributed by atoms with van der Waals surface area (Å²) in [6.45, 7) is 10.6. The molecule has 2 fully saturated rings. The van der Waals surface area contributed by atoms with Crippen molar-refractivity contribution in [1.29, 1.82) is 0 Å². The van der Waals surface area contributed by atoms with E-state index in [1.165, 1.54) is 0 Å². The van der Waals surface area contributed by atoms with E-state index in [1.54, 1.807) is 12.1 Å². The van der Waals surface area contributed by atoms with Crippen LogP contribution in [0.4, 0.5) is 11.5 Å². The average Bonchev–Trinajstić information content (AvgIpc) is 3.49. The first-order chi connectivity index (χ1) is 15.4. The number of benzene rings is 1. The second-order valence-corrected chi connectivity index (χ2v) is 11.3. The van der Waals surface area contributed by atoms with E-state index < -0.39 is 10.0 Å². The Hall–Kier alpha value is -2.81. The van der Waals surface area contributed by atoms with Gasteiger partial charge in [0.1, 0.15) is 17.3 Å². The Balaban J connectivity index is 1.58. The van der Waals surface area contributed by atoms with Crippen LogP contribution >= 0.6 is 0 Å². The molecule has 33 heavy (non-hydrogen) atoms. The zero-order valence-corrected chi connectivity index (χ0v) is 20.8. The molecule has 4 rings (SSSR count). The van der Waals surface area contributed by atoms with E-state index in [1.807, 2.05) is 44.7 Å². The number of anilines is 2. The molecule has 178 valence electrons. The Labute approximate surface area is 196 Å². The van der Waals surface area contributed by atoms with Gasteiger partial charge < -0.3 is 14.5 Å². The Kier molecular flexibility index (Phi) is 6.03. The fourth-order valence-corrected chi connectivity index (χ4v) is 4.86. The van der Waals surface area contributed by atoms with E-state index in [2.05, 4.69) is 14.6 Å². The number of carbonyl (C=O) groups excluding carboxylic acids is 1. The average molecular weight is 473 g/mol. The van der Waals surface area contributed by atoms with Gasteiger partial charge in [0.25, 0.3) is 0 Å². The number of piperazine rings is 1. The normalized spacial score (nSPS) is 17.6. The molecule has 0 atom stereocenters. The topological polar surface area (TPSA) is 91.8 Å². The second kappa shape index (κ2) is 8.52. The van der Waals surface area contributed by atoms with Gasteiger partial charge in [0.2, 0.25) is 21.8 Å². The Morgan fingerprint density at radius 2 is 1.67 bits per heavy atom. The van der Waals surface area contributed by atoms with Crippen LogP contribution in [-0.4, -0.2) is 56.6 Å². The Bertz CT molecular complexity index is 1160. The van der Waals surface area contributed by atoms with Crippen molar-refractivity contribution < 1.29 is 17.9 Å². The number of nitrogens with one attached hydrogen (secondary N) is 1. The van der Waals surface area contributed by atoms with Crippen molar-refractivity contribution >= 4 is 27.4 Å². The number of carbonyl (C=O) groups is 1. The molecule has 1 aromatic carbocycles. The van der Waals surface area contributed by atoms with Crippen molar-refractivity contribution in [3.63, 3.8) is 0 Å². The molecule has 8 nitrogen and oxygen atoms in total. The first-order valence-corrected chi connectivity index (χ1v) is 13.1. The molecule has 1 aliphatic heterocycles. The first-order valence-electron chi connectivity index (χ1n) is 11.2. The predicted octanol–water partition coefficient (Wildman–Crippen LogP) is 3.62. The summed E-state index contributed by atoms with van der Waals surface area (Å²) in [6, 6.07) is 7.51. The highest BCUT2D eigenvalue weighted by atomic mass is 32.2. The maximum absolute atomic E-state index is 12.7. The third-order valence-electron chi connectivity index (χ3n) is 6.35. The fraction of sp³-hybridized carbons (Fsp3) is 0.500. The summed E-state index contributed by atoms with van der Waals surface area (Å²) in [7, 11) is -3.51. The van der Waals surface area contributed by atoms with Gasteiger partial charge in [0, 0.05) is 31.6 Å². The molecule has 0 spiro atoms. The molecule has 1 saturated carbocycles. The van der Waals surface area contributed by atoms with Crippen molar-refractivity contribution in [2.24, 2.45) is 5.41 Å². The minimum Gasteiger partial charge on any atom is -0.436 e. The zero-order chi connectivity index (χ0) is 24.0. The molecule has 9 heteroatoms. The molecule has 2 aliphatic rings. The minimum atomic E-state index is -3.51. The van der Waals surface area contributed by atoms with Crippen LogP contribution in [0.1, 0.15) is 36.5 Å². The maximum atomic E-state index is 12.7. The molecule has 1 saturated heterocycles. The number of nitrogens with zero attached hydrogens (tertiary/aromatic N) is 3. The van der Waals surface area contributed by atoms with Crippen molar-refractivity contribution in [3.05, 3.63) is 41.0 Å². The van der Waals surface area contributed by atoms with E-state index in [0.29, 0.717) is 37.7 Å². The van der Waals surface area contributed by atoms with Gasteiger partial charge in [0.05, 0.1) is 6.26 Å². The summed E-state index contributed by atoms with van der Waals surface area (Å²) in [5.74, 6) is 1.81. The third kappa shape index (κ3) is 5.24. The van der Waals surface area contributed by atoms with Crippen LogP contribution < -0.4 is 14.4 Å². The minimum absolute atomic E-state index is 0.163. The van der Waals surface area contributed by atoms with E-state index >= 15 is 0 Å². The standard InChI is InChI=1S/C24H32N4O4S/c1-16-14-17(2)21(18(3)15-16)32-22-19(26-33(5,30)31)6-7-20(25-22)27-10-12-28(13-11-27)23(29)24(4)8-9-24/h6-7,14-15,26H,8-13H2,1-5H3. The summed E-state index contributed by atoms with van der Waals surface area (Å²) in [4.78, 5) is 21.4. The second-order valence-electron chi connectivity index (χ2n) is 9.57. The van der Waals surface area contributed by atoms with E-state index in [0.717, 1.165) is 35.8 Å². The van der Waals surface area contributed by atoms with Gasteiger partial charge in [-0.3, -0.25) is 9.52 Å². The molecule has 0 bridgehead atoms. The highest BCUT2D eigenvalue weighted by Gasteiger charge is 2.47. The molecule has 2 aromatic rings. The van der Waals surface area contributed by atoms with E-state index in [9.17, 15) is 13.2 Å². The number of aromatic nitrogens is 1. The van der Waals surface area contributed by atoms with Crippen molar-refractivity contribution in [2.45, 2.75) is 40.5 Å². The summed E-state index contributed by atoms with van der Waals surface area (Å²) >= 11 is 0. The number of amides is 1. The molecule has 1 aromatic heterocycles. The smallest absolute Gasteiger partial charge is 0.245 e. The monoisotopic (exact) mass is 472 g/mol. The Morgan fingerprint density at radius 1 is 1.06 bits per heavy atom. The summed E-state index contributed by atoms with van der Waals surface area (Å²) < 4.78 is 32.5. The molecule has 1 N–H and O–H groups in total. The lowest BCUT2D eigenvalue weighted by Crippen LogP contribution is -2.50. The van der Waals surface area contributed by atoms with Gasteiger partial charge in [-0.1, -0.05) is 24.6 Å². The van der Waals surface area contributed by atoms with Crippen LogP contribution in [0.3, 0.4) is 0 Å². The lowest BCUT2D eigenvalue weighted by atomic mass is 10.1. The van der Waals surface area contributed by atoms with Crippen LogP contribution in [0.5, 0.6) is 11.6 Å². The van der Waals surface area contributed by atoms with Crippen LogP contribution in [0, 0.1) is 26.2 Å². The fourth-order valence-electron chi connectivity index (χ4n) is 4.31. The van der Waals surface area contributed by atoms with Crippen LogP contribution in [0.15, 0.2) is 24.3 Å². The highest BCUT2D eigenvalue weighted by Crippen LogP contribution is 2.46. The Morgan fingerprint density at radius 3 is 2.21 bits per heavy atom. The highest BCUT2D eigenvalue weighted by molar-refractivity contribution is 7.92. The predicted molar refractivity (Wildman–Crippen MR) is 130 cm³/mol. The van der Waals surface area contributed by atoms with Crippen LogP contribution in [0.25, 0.3) is 0 Å². The quantitative estimate of drug-likeness (QED) is 0.690. The van der Waals surface area contributed by atoms with Gasteiger partial charge in [-0.2, -0.15) is 4.98 Å². The number of sulfonamides is 1. The van der Waals surface area contributed by atoms with Crippen LogP contribution in [-0.2, 0) is 14.8 Å². The molecular formula is C24H32N4O4S. The first kappa shape index (κ1) is 23.4. The molecule has 1 amide bonds. The van der Waals surface area contributed by atoms with Gasteiger partial charge in [-0.15, -0.1) is 0 Å². The summed E-state index contributed by atoms with van der Waals surface area (Å²) in [5, 5.41) is 0. The van der Waals surface area contributed by atoms with Gasteiger partial charge in [-0.05, 0) is 56.9 Å². The number of hydrogen-bond donors (Lipinski definition) is 1. The number of hydrogen-bond acceptors (Lipinski definition) is 6. The lowest BCUT2D eigenvalue weighted by Gasteiger charge is -2.36. The van der Waals surface area contributed by atoms with E-state index in [4.69, 9.17) is 4.74 Å². The number of pyridine rings is 1. The van der Waals surface area contributed by atoms with Crippen molar-refractivity contribution in [3.8, 4) is 11.6 Å². The largest absolute Gasteiger partial charge is 0.436 e. The van der Waals surface area contributed by atoms with E-state index in [-0.39, 0.29) is 22.9 Å². The van der Waals surface area contributed by atoms with Crippen LogP contribution in [0.2, 0.25) is 0 Å². The van der Waals surface area contributed by atoms with Crippen molar-refractivity contribution in [1.82, 2.24) is 9.88 Å². The summed E-state index contributed by atoms with van der Waals surface area (Å²) in [5.41, 5.74) is 3.15. The molecule has 0 unspecified atom stereocenters. The van der Waals surface area contributed by atoms with Gasteiger partial charge in [0.15, 0.2) is 0 Å². The molecular weight excluding hydrogens is 440 g/mol. The number of aryl methyl sites for hydroxylation is 3. The summed E-state index contributed by atoms with van der Waals surface area (Å²) in [6.07, 6.45) is 3.05. The third-order valence-corrected chi connectivity index (χ3v) is 6.94. The number of rotatable bonds is 6. The molecule has 2 heterocycles. The van der Waals surface area contributed by atoms with Gasteiger partial charge >= 0.3 is 0 Å². The molecule has 1 aliphatic carbocycles. The van der Waals surface area contributed by atoms with Crippen molar-refractivity contribution in [2.75, 3.05) is 42.1 Å². The lowest BCUT2D eigenvalue weighted by molar-refractivity contribution is -0.136. The number of ether oxygens (including phenoxy) is 1. The van der Waals surface area contributed by atoms with Gasteiger partial charge in [-0.25, -0.2) is 8.42 Å².